The molecule has 1 aliphatic heterocycles. The number of aliphatic hydroxyl groups excluding tert-OH is 1. The maximum atomic E-state index is 13.1. The molecule has 0 radical (unpaired) electrons. The third kappa shape index (κ3) is 5.43. The van der Waals surface area contributed by atoms with Crippen molar-refractivity contribution >= 4 is 29.5 Å². The number of halogens is 1. The van der Waals surface area contributed by atoms with Crippen LogP contribution < -0.4 is 10.6 Å². The van der Waals surface area contributed by atoms with E-state index in [9.17, 15) is 19.5 Å². The van der Waals surface area contributed by atoms with Crippen molar-refractivity contribution in [1.82, 2.24) is 15.5 Å². The van der Waals surface area contributed by atoms with Gasteiger partial charge in [0.2, 0.25) is 5.91 Å². The highest BCUT2D eigenvalue weighted by Gasteiger charge is 2.48. The largest absolute Gasteiger partial charge is 0.465 e. The first-order chi connectivity index (χ1) is 13.9. The van der Waals surface area contributed by atoms with Gasteiger partial charge in [-0.25, -0.2) is 4.79 Å². The fourth-order valence-corrected chi connectivity index (χ4v) is 3.73. The molecular formula is C21H30ClN3O5. The van der Waals surface area contributed by atoms with E-state index in [4.69, 9.17) is 16.7 Å². The Bertz CT molecular complexity index is 823. The van der Waals surface area contributed by atoms with E-state index in [2.05, 4.69) is 10.6 Å². The number of benzene rings is 1. The van der Waals surface area contributed by atoms with Crippen LogP contribution in [0.2, 0.25) is 5.02 Å². The quantitative estimate of drug-likeness (QED) is 0.543. The molecule has 2 atom stereocenters. The van der Waals surface area contributed by atoms with Crippen LogP contribution in [0.25, 0.3) is 0 Å². The Labute approximate surface area is 181 Å². The lowest BCUT2D eigenvalue weighted by Gasteiger charge is -2.37. The van der Waals surface area contributed by atoms with Crippen molar-refractivity contribution in [2.24, 2.45) is 5.41 Å². The molecule has 1 aromatic carbocycles. The molecule has 0 spiro atoms. The Morgan fingerprint density at radius 3 is 2.43 bits per heavy atom. The fourth-order valence-electron chi connectivity index (χ4n) is 3.54. The van der Waals surface area contributed by atoms with Crippen LogP contribution in [0.1, 0.15) is 51.7 Å². The van der Waals surface area contributed by atoms with E-state index in [1.807, 2.05) is 0 Å². The van der Waals surface area contributed by atoms with Crippen LogP contribution in [0.3, 0.4) is 0 Å². The van der Waals surface area contributed by atoms with Crippen LogP contribution in [0, 0.1) is 5.41 Å². The third-order valence-electron chi connectivity index (χ3n) is 5.49. The fraction of sp³-hybridized carbons (Fsp3) is 0.571. The maximum Gasteiger partial charge on any atom is 0.404 e. The monoisotopic (exact) mass is 439 g/mol. The van der Waals surface area contributed by atoms with Gasteiger partial charge in [0.15, 0.2) is 0 Å². The van der Waals surface area contributed by atoms with E-state index in [0.717, 1.165) is 0 Å². The van der Waals surface area contributed by atoms with Gasteiger partial charge in [0.25, 0.3) is 5.91 Å². The number of carboxylic acid groups (broad SMARTS) is 1. The Morgan fingerprint density at radius 2 is 1.83 bits per heavy atom. The van der Waals surface area contributed by atoms with Crippen LogP contribution >= 0.6 is 11.6 Å². The van der Waals surface area contributed by atoms with Crippen molar-refractivity contribution in [1.29, 1.82) is 0 Å². The first-order valence-electron chi connectivity index (χ1n) is 9.88. The third-order valence-corrected chi connectivity index (χ3v) is 5.72. The summed E-state index contributed by atoms with van der Waals surface area (Å²) in [5.74, 6) is -0.779. The first-order valence-corrected chi connectivity index (χ1v) is 10.3. The number of carbonyl (C=O) groups excluding carboxylic acids is 2. The minimum Gasteiger partial charge on any atom is -0.465 e. The molecule has 30 heavy (non-hydrogen) atoms. The lowest BCUT2D eigenvalue weighted by molar-refractivity contribution is -0.154. The lowest BCUT2D eigenvalue weighted by Crippen LogP contribution is -2.58. The van der Waals surface area contributed by atoms with E-state index in [1.165, 1.54) is 4.90 Å². The normalized spacial score (nSPS) is 20.0. The lowest BCUT2D eigenvalue weighted by atomic mass is 9.87. The number of nitrogens with zero attached hydrogens (tertiary/aromatic N) is 1. The molecular weight excluding hydrogens is 410 g/mol. The summed E-state index contributed by atoms with van der Waals surface area (Å²) in [5.41, 5.74) is -0.334. The number of amides is 3. The van der Waals surface area contributed by atoms with Crippen molar-refractivity contribution in [3.05, 3.63) is 34.3 Å². The Morgan fingerprint density at radius 1 is 1.20 bits per heavy atom. The minimum atomic E-state index is -1.20. The number of nitrogens with one attached hydrogen (secondary N) is 2. The number of hydrogen-bond donors (Lipinski definition) is 4. The van der Waals surface area contributed by atoms with Crippen molar-refractivity contribution in [3.63, 3.8) is 0 Å². The molecule has 8 nitrogen and oxygen atoms in total. The zero-order chi connectivity index (χ0) is 22.7. The molecule has 1 heterocycles. The number of hydrogen-bond acceptors (Lipinski definition) is 4. The van der Waals surface area contributed by atoms with Gasteiger partial charge in [0.1, 0.15) is 11.6 Å². The van der Waals surface area contributed by atoms with E-state index in [0.29, 0.717) is 35.5 Å². The summed E-state index contributed by atoms with van der Waals surface area (Å²) in [6.07, 6.45) is -1.20. The molecule has 1 aliphatic rings. The molecule has 9 heteroatoms. The highest BCUT2D eigenvalue weighted by molar-refractivity contribution is 6.30. The van der Waals surface area contributed by atoms with Gasteiger partial charge in [-0.3, -0.25) is 9.59 Å². The summed E-state index contributed by atoms with van der Waals surface area (Å²) < 4.78 is 0. The van der Waals surface area contributed by atoms with Crippen molar-refractivity contribution in [2.45, 2.75) is 65.3 Å². The van der Waals surface area contributed by atoms with Gasteiger partial charge in [-0.2, -0.15) is 0 Å². The average Bonchev–Trinajstić information content (AvgIpc) is 3.06. The highest BCUT2D eigenvalue weighted by atomic mass is 35.5. The Kier molecular flexibility index (Phi) is 7.36. The summed E-state index contributed by atoms with van der Waals surface area (Å²) in [4.78, 5) is 38.2. The second kappa shape index (κ2) is 9.22. The van der Waals surface area contributed by atoms with Crippen LogP contribution in [-0.2, 0) is 22.7 Å². The Balaban J connectivity index is 2.14. The second-order valence-corrected chi connectivity index (χ2v) is 9.33. The van der Waals surface area contributed by atoms with Gasteiger partial charge in [0.05, 0.1) is 0 Å². The molecule has 3 amide bonds. The zero-order valence-electron chi connectivity index (χ0n) is 17.8. The summed E-state index contributed by atoms with van der Waals surface area (Å²) >= 11 is 6.06. The number of likely N-dealkylation sites (tertiary alicyclic amines) is 1. The van der Waals surface area contributed by atoms with Gasteiger partial charge in [-0.05, 0) is 48.4 Å². The average molecular weight is 440 g/mol. The highest BCUT2D eigenvalue weighted by Crippen LogP contribution is 2.32. The summed E-state index contributed by atoms with van der Waals surface area (Å²) in [7, 11) is 0. The molecule has 0 unspecified atom stereocenters. The maximum absolute atomic E-state index is 13.1. The van der Waals surface area contributed by atoms with Gasteiger partial charge < -0.3 is 25.7 Å². The van der Waals surface area contributed by atoms with E-state index in [1.54, 1.807) is 45.9 Å². The molecule has 1 fully saturated rings. The summed E-state index contributed by atoms with van der Waals surface area (Å²) in [6, 6.07) is 5.02. The standard InChI is InChI=1S/C21H30ClN3O5/c1-20(2,3)16(26)17(27)25-9-5-8-21(25,4)18(28)23-12-14-10-15(22)7-6-13(14)11-24-19(29)30/h6-7,10,16,24,26H,5,8-9,11-12H2,1-4H3,(H,23,28)(H,29,30)/t16-,21-/m0/s1. The molecule has 1 saturated heterocycles. The van der Waals surface area contributed by atoms with Crippen molar-refractivity contribution in [3.8, 4) is 0 Å². The van der Waals surface area contributed by atoms with Crippen molar-refractivity contribution in [2.75, 3.05) is 6.54 Å². The van der Waals surface area contributed by atoms with E-state index >= 15 is 0 Å². The van der Waals surface area contributed by atoms with Gasteiger partial charge in [-0.15, -0.1) is 0 Å². The number of rotatable bonds is 6. The summed E-state index contributed by atoms with van der Waals surface area (Å²) in [5, 5.41) is 24.9. The smallest absolute Gasteiger partial charge is 0.404 e. The molecule has 4 N–H and O–H groups in total. The van der Waals surface area contributed by atoms with Crippen LogP contribution in [0.4, 0.5) is 4.79 Å². The SMILES string of the molecule is CC(C)(C)[C@@H](O)C(=O)N1CCC[C@@]1(C)C(=O)NCc1cc(Cl)ccc1CNC(=O)O. The number of carbonyl (C=O) groups is 3. The van der Waals surface area contributed by atoms with Gasteiger partial charge >= 0.3 is 6.09 Å². The van der Waals surface area contributed by atoms with E-state index in [-0.39, 0.29) is 19.0 Å². The molecule has 0 aromatic heterocycles. The molecule has 0 bridgehead atoms. The van der Waals surface area contributed by atoms with Gasteiger partial charge in [-0.1, -0.05) is 38.4 Å². The van der Waals surface area contributed by atoms with E-state index < -0.39 is 29.1 Å². The van der Waals surface area contributed by atoms with Crippen LogP contribution in [0.5, 0.6) is 0 Å². The van der Waals surface area contributed by atoms with Gasteiger partial charge in [0, 0.05) is 24.7 Å². The Hall–Kier alpha value is -2.32. The molecule has 1 aromatic rings. The first kappa shape index (κ1) is 24.0. The second-order valence-electron chi connectivity index (χ2n) is 8.89. The molecule has 166 valence electrons. The minimum absolute atomic E-state index is 0.0807. The van der Waals surface area contributed by atoms with Crippen molar-refractivity contribution < 1.29 is 24.6 Å². The predicted molar refractivity (Wildman–Crippen MR) is 113 cm³/mol. The zero-order valence-corrected chi connectivity index (χ0v) is 18.5. The van der Waals surface area contributed by atoms with Crippen LogP contribution in [-0.4, -0.2) is 51.2 Å². The van der Waals surface area contributed by atoms with Crippen LogP contribution in [0.15, 0.2) is 18.2 Å². The summed E-state index contributed by atoms with van der Waals surface area (Å²) in [6.45, 7) is 7.64. The topological polar surface area (TPSA) is 119 Å². The molecule has 0 saturated carbocycles. The predicted octanol–water partition coefficient (Wildman–Crippen LogP) is 2.51. The molecule has 2 rings (SSSR count). The molecule has 0 aliphatic carbocycles. The number of aliphatic hydroxyl groups is 1.